The molecule has 0 aliphatic carbocycles. The van der Waals surface area contributed by atoms with Gasteiger partial charge in [-0.05, 0) is 31.0 Å². The number of carbonyl (C=O) groups is 1. The molecule has 0 aromatic heterocycles. The number of sulfonamides is 1. The molecule has 1 aromatic rings. The lowest BCUT2D eigenvalue weighted by atomic mass is 10.2. The van der Waals surface area contributed by atoms with Crippen LogP contribution in [0.15, 0.2) is 23.1 Å². The van der Waals surface area contributed by atoms with Gasteiger partial charge >= 0.3 is 5.97 Å². The molecule has 0 spiro atoms. The molecule has 1 aliphatic heterocycles. The Morgan fingerprint density at radius 1 is 1.48 bits per heavy atom. The summed E-state index contributed by atoms with van der Waals surface area (Å²) in [5, 5.41) is 5.05. The molecule has 1 saturated heterocycles. The number of nitrogens with two attached hydrogens (primary N) is 1. The lowest BCUT2D eigenvalue weighted by Gasteiger charge is -2.12. The molecular formula is C13H17NO6S. The first-order valence-corrected chi connectivity index (χ1v) is 7.96. The largest absolute Gasteiger partial charge is 0.496 e. The Kier molecular flexibility index (Phi) is 4.81. The highest BCUT2D eigenvalue weighted by Crippen LogP contribution is 2.23. The monoisotopic (exact) mass is 315 g/mol. The maximum absolute atomic E-state index is 12.1. The van der Waals surface area contributed by atoms with Gasteiger partial charge in [-0.25, -0.2) is 18.4 Å². The van der Waals surface area contributed by atoms with Crippen molar-refractivity contribution in [1.29, 1.82) is 0 Å². The van der Waals surface area contributed by atoms with Crippen LogP contribution < -0.4 is 9.88 Å². The van der Waals surface area contributed by atoms with Gasteiger partial charge in [0.2, 0.25) is 10.0 Å². The second-order valence-corrected chi connectivity index (χ2v) is 6.20. The Bertz CT molecular complexity index is 622. The van der Waals surface area contributed by atoms with Gasteiger partial charge in [0, 0.05) is 6.61 Å². The minimum absolute atomic E-state index is 0.0158. The van der Waals surface area contributed by atoms with Crippen LogP contribution in [-0.4, -0.2) is 40.8 Å². The van der Waals surface area contributed by atoms with Crippen molar-refractivity contribution in [2.75, 3.05) is 20.3 Å². The summed E-state index contributed by atoms with van der Waals surface area (Å²) in [5.41, 5.74) is 0.0158. The summed E-state index contributed by atoms with van der Waals surface area (Å²) in [4.78, 5) is 11.9. The lowest BCUT2D eigenvalue weighted by molar-refractivity contribution is 0.0158. The number of carbonyl (C=O) groups excluding carboxylic acids is 1. The van der Waals surface area contributed by atoms with Crippen molar-refractivity contribution in [2.45, 2.75) is 23.8 Å². The molecule has 1 heterocycles. The zero-order chi connectivity index (χ0) is 15.5. The van der Waals surface area contributed by atoms with Crippen LogP contribution in [-0.2, 0) is 19.5 Å². The van der Waals surface area contributed by atoms with Gasteiger partial charge in [0.05, 0.1) is 18.1 Å². The summed E-state index contributed by atoms with van der Waals surface area (Å²) >= 11 is 0. The van der Waals surface area contributed by atoms with E-state index in [9.17, 15) is 13.2 Å². The third-order valence-corrected chi connectivity index (χ3v) is 4.05. The SMILES string of the molecule is COc1ccc(S(N)(=O)=O)cc1C(=O)OCC1CCCO1. The van der Waals surface area contributed by atoms with Gasteiger partial charge in [-0.3, -0.25) is 0 Å². The van der Waals surface area contributed by atoms with Crippen LogP contribution in [0.2, 0.25) is 0 Å². The first kappa shape index (κ1) is 15.7. The molecule has 7 nitrogen and oxygen atoms in total. The second-order valence-electron chi connectivity index (χ2n) is 4.64. The van der Waals surface area contributed by atoms with Crippen LogP contribution in [0.3, 0.4) is 0 Å². The van der Waals surface area contributed by atoms with E-state index < -0.39 is 16.0 Å². The minimum Gasteiger partial charge on any atom is -0.496 e. The molecule has 1 unspecified atom stereocenters. The second kappa shape index (κ2) is 6.42. The highest BCUT2D eigenvalue weighted by molar-refractivity contribution is 7.89. The fourth-order valence-corrected chi connectivity index (χ4v) is 2.59. The third kappa shape index (κ3) is 3.93. The van der Waals surface area contributed by atoms with E-state index in [0.717, 1.165) is 18.9 Å². The van der Waals surface area contributed by atoms with Crippen molar-refractivity contribution in [2.24, 2.45) is 5.14 Å². The Hall–Kier alpha value is -1.64. The molecular weight excluding hydrogens is 298 g/mol. The summed E-state index contributed by atoms with van der Waals surface area (Å²) in [6.45, 7) is 0.786. The molecule has 1 aromatic carbocycles. The van der Waals surface area contributed by atoms with Crippen molar-refractivity contribution >= 4 is 16.0 Å². The number of esters is 1. The maximum Gasteiger partial charge on any atom is 0.342 e. The van der Waals surface area contributed by atoms with Crippen LogP contribution in [0.4, 0.5) is 0 Å². The van der Waals surface area contributed by atoms with Gasteiger partial charge in [-0.2, -0.15) is 0 Å². The van der Waals surface area contributed by atoms with Gasteiger partial charge < -0.3 is 14.2 Å². The number of hydrogen-bond acceptors (Lipinski definition) is 6. The van der Waals surface area contributed by atoms with Crippen LogP contribution >= 0.6 is 0 Å². The molecule has 116 valence electrons. The smallest absolute Gasteiger partial charge is 0.342 e. The standard InChI is InChI=1S/C13H17NO6S/c1-18-12-5-4-10(21(14,16)17)7-11(12)13(15)20-8-9-3-2-6-19-9/h4-5,7,9H,2-3,6,8H2,1H3,(H2,14,16,17). The predicted octanol–water partition coefficient (Wildman–Crippen LogP) is 0.678. The highest BCUT2D eigenvalue weighted by Gasteiger charge is 2.21. The van der Waals surface area contributed by atoms with Gasteiger partial charge in [-0.15, -0.1) is 0 Å². The van der Waals surface area contributed by atoms with E-state index in [-0.39, 0.29) is 28.9 Å². The van der Waals surface area contributed by atoms with E-state index in [1.54, 1.807) is 0 Å². The maximum atomic E-state index is 12.1. The number of primary sulfonamides is 1. The first-order valence-electron chi connectivity index (χ1n) is 6.41. The first-order chi connectivity index (χ1) is 9.91. The topological polar surface area (TPSA) is 105 Å². The fourth-order valence-electron chi connectivity index (χ4n) is 2.05. The van der Waals surface area contributed by atoms with Crippen LogP contribution in [0.5, 0.6) is 5.75 Å². The Labute approximate surface area is 123 Å². The average Bonchev–Trinajstić information content (AvgIpc) is 2.96. The molecule has 0 radical (unpaired) electrons. The van der Waals surface area contributed by atoms with E-state index in [4.69, 9.17) is 19.3 Å². The number of ether oxygens (including phenoxy) is 3. The van der Waals surface area contributed by atoms with Crippen LogP contribution in [0.1, 0.15) is 23.2 Å². The zero-order valence-corrected chi connectivity index (χ0v) is 12.4. The number of methoxy groups -OCH3 is 1. The fraction of sp³-hybridized carbons (Fsp3) is 0.462. The highest BCUT2D eigenvalue weighted by atomic mass is 32.2. The van der Waals surface area contributed by atoms with Crippen LogP contribution in [0, 0.1) is 0 Å². The number of rotatable bonds is 5. The summed E-state index contributed by atoms with van der Waals surface area (Å²) < 4.78 is 38.2. The molecule has 0 amide bonds. The van der Waals surface area contributed by atoms with Gasteiger partial charge in [0.25, 0.3) is 0 Å². The summed E-state index contributed by atoms with van der Waals surface area (Å²) in [7, 11) is -2.52. The summed E-state index contributed by atoms with van der Waals surface area (Å²) in [6, 6.07) is 3.78. The molecule has 21 heavy (non-hydrogen) atoms. The Morgan fingerprint density at radius 3 is 2.81 bits per heavy atom. The molecule has 1 atom stereocenters. The van der Waals surface area contributed by atoms with Crippen LogP contribution in [0.25, 0.3) is 0 Å². The van der Waals surface area contributed by atoms with E-state index in [2.05, 4.69) is 0 Å². The predicted molar refractivity (Wildman–Crippen MR) is 73.6 cm³/mol. The Morgan fingerprint density at radius 2 is 2.24 bits per heavy atom. The molecule has 1 aliphatic rings. The quantitative estimate of drug-likeness (QED) is 0.801. The molecule has 8 heteroatoms. The van der Waals surface area contributed by atoms with Crippen molar-refractivity contribution in [3.05, 3.63) is 23.8 Å². The normalized spacial score (nSPS) is 18.5. The third-order valence-electron chi connectivity index (χ3n) is 3.14. The van der Waals surface area contributed by atoms with Crippen molar-refractivity contribution < 1.29 is 27.4 Å². The van der Waals surface area contributed by atoms with Crippen molar-refractivity contribution in [3.63, 3.8) is 0 Å². The molecule has 2 rings (SSSR count). The number of benzene rings is 1. The molecule has 1 fully saturated rings. The van der Waals surface area contributed by atoms with Crippen molar-refractivity contribution in [3.8, 4) is 5.75 Å². The zero-order valence-electron chi connectivity index (χ0n) is 11.6. The lowest BCUT2D eigenvalue weighted by Crippen LogP contribution is -2.19. The van der Waals surface area contributed by atoms with E-state index in [0.29, 0.717) is 6.61 Å². The summed E-state index contributed by atoms with van der Waals surface area (Å²) in [6.07, 6.45) is 1.66. The molecule has 0 saturated carbocycles. The average molecular weight is 315 g/mol. The van der Waals surface area contributed by atoms with E-state index in [1.165, 1.54) is 19.2 Å². The van der Waals surface area contributed by atoms with Gasteiger partial charge in [0.15, 0.2) is 0 Å². The molecule has 0 bridgehead atoms. The van der Waals surface area contributed by atoms with Gasteiger partial charge in [0.1, 0.15) is 17.9 Å². The minimum atomic E-state index is -3.90. The Balaban J connectivity index is 2.17. The molecule has 2 N–H and O–H groups in total. The van der Waals surface area contributed by atoms with Crippen molar-refractivity contribution in [1.82, 2.24) is 0 Å². The summed E-state index contributed by atoms with van der Waals surface area (Å²) in [5.74, 6) is -0.451. The number of hydrogen-bond donors (Lipinski definition) is 1. The van der Waals surface area contributed by atoms with E-state index >= 15 is 0 Å². The van der Waals surface area contributed by atoms with E-state index in [1.807, 2.05) is 0 Å². The van der Waals surface area contributed by atoms with Gasteiger partial charge in [-0.1, -0.05) is 0 Å².